The number of hydrogen-bond donors (Lipinski definition) is 2. The van der Waals surface area contributed by atoms with Crippen molar-refractivity contribution in [2.24, 2.45) is 4.99 Å². The zero-order valence-corrected chi connectivity index (χ0v) is 21.9. The van der Waals surface area contributed by atoms with Crippen LogP contribution in [0.2, 0.25) is 0 Å². The average Bonchev–Trinajstić information content (AvgIpc) is 3.29. The van der Waals surface area contributed by atoms with Gasteiger partial charge in [0.15, 0.2) is 5.96 Å². The van der Waals surface area contributed by atoms with E-state index in [4.69, 9.17) is 9.47 Å². The lowest BCUT2D eigenvalue weighted by atomic mass is 10.1. The summed E-state index contributed by atoms with van der Waals surface area (Å²) < 4.78 is 13.0. The van der Waals surface area contributed by atoms with Crippen LogP contribution in [0.25, 0.3) is 5.69 Å². The van der Waals surface area contributed by atoms with E-state index in [1.807, 2.05) is 41.2 Å². The van der Waals surface area contributed by atoms with E-state index < -0.39 is 0 Å². The first-order chi connectivity index (χ1) is 15.7. The van der Waals surface area contributed by atoms with Gasteiger partial charge in [0.05, 0.1) is 18.5 Å². The highest BCUT2D eigenvalue weighted by Gasteiger charge is 2.07. The summed E-state index contributed by atoms with van der Waals surface area (Å²) in [7, 11) is 3.48. The molecule has 0 aliphatic carbocycles. The summed E-state index contributed by atoms with van der Waals surface area (Å²) in [6.07, 6.45) is 5.68. The third-order valence-corrected chi connectivity index (χ3v) is 5.01. The molecule has 0 aliphatic heterocycles. The summed E-state index contributed by atoms with van der Waals surface area (Å²) in [6, 6.07) is 16.4. The molecule has 1 aromatic heterocycles. The Morgan fingerprint density at radius 2 is 1.91 bits per heavy atom. The minimum absolute atomic E-state index is 0. The van der Waals surface area contributed by atoms with Crippen LogP contribution in [0.5, 0.6) is 5.75 Å². The van der Waals surface area contributed by atoms with Crippen LogP contribution in [0.15, 0.2) is 65.9 Å². The fourth-order valence-electron chi connectivity index (χ4n) is 3.26. The predicted molar refractivity (Wildman–Crippen MR) is 144 cm³/mol. The molecule has 7 nitrogen and oxygen atoms in total. The Bertz CT molecular complexity index is 991. The number of aromatic nitrogens is 2. The fraction of sp³-hybridized carbons (Fsp3) is 0.360. The highest BCUT2D eigenvalue weighted by atomic mass is 127. The number of aryl methyl sites for hydroxylation is 1. The van der Waals surface area contributed by atoms with Gasteiger partial charge in [-0.25, -0.2) is 4.68 Å². The van der Waals surface area contributed by atoms with E-state index in [9.17, 15) is 0 Å². The average molecular weight is 563 g/mol. The van der Waals surface area contributed by atoms with Crippen LogP contribution in [-0.2, 0) is 17.7 Å². The highest BCUT2D eigenvalue weighted by Crippen LogP contribution is 2.20. The van der Waals surface area contributed by atoms with Gasteiger partial charge in [0.2, 0.25) is 0 Å². The third-order valence-electron chi connectivity index (χ3n) is 5.01. The first-order valence-electron chi connectivity index (χ1n) is 10.9. The zero-order valence-electron chi connectivity index (χ0n) is 19.6. The number of aliphatic imine (C=N–C) groups is 1. The molecule has 0 atom stereocenters. The second kappa shape index (κ2) is 14.5. The number of para-hydroxylation sites is 1. The van der Waals surface area contributed by atoms with E-state index in [0.717, 1.165) is 42.3 Å². The topological polar surface area (TPSA) is 72.7 Å². The zero-order chi connectivity index (χ0) is 22.6. The van der Waals surface area contributed by atoms with Crippen molar-refractivity contribution in [3.8, 4) is 11.4 Å². The van der Waals surface area contributed by atoms with Crippen molar-refractivity contribution in [2.45, 2.75) is 26.3 Å². The molecule has 0 bridgehead atoms. The molecule has 3 aromatic rings. The van der Waals surface area contributed by atoms with Gasteiger partial charge in [-0.15, -0.1) is 24.0 Å². The Morgan fingerprint density at radius 3 is 2.67 bits per heavy atom. The number of guanidine groups is 1. The quantitative estimate of drug-likeness (QED) is 0.159. The van der Waals surface area contributed by atoms with Gasteiger partial charge in [0, 0.05) is 52.0 Å². The SMILES string of the molecule is CN=C(NCCc1cnn(-c2ccccc2)c1)NCc1ccc(C)cc1OCCCOC.I. The summed E-state index contributed by atoms with van der Waals surface area (Å²) >= 11 is 0. The Balaban J connectivity index is 0.00000385. The molecule has 0 spiro atoms. The van der Waals surface area contributed by atoms with Gasteiger partial charge in [-0.05, 0) is 42.7 Å². The lowest BCUT2D eigenvalue weighted by Gasteiger charge is -2.15. The van der Waals surface area contributed by atoms with E-state index in [-0.39, 0.29) is 24.0 Å². The number of halogens is 1. The molecular weight excluding hydrogens is 529 g/mol. The maximum Gasteiger partial charge on any atom is 0.191 e. The van der Waals surface area contributed by atoms with Crippen molar-refractivity contribution in [2.75, 3.05) is 33.9 Å². The molecule has 33 heavy (non-hydrogen) atoms. The van der Waals surface area contributed by atoms with Crippen LogP contribution in [0.1, 0.15) is 23.1 Å². The van der Waals surface area contributed by atoms with E-state index in [1.54, 1.807) is 14.2 Å². The Kier molecular flexibility index (Phi) is 11.7. The molecule has 3 rings (SSSR count). The van der Waals surface area contributed by atoms with E-state index >= 15 is 0 Å². The van der Waals surface area contributed by atoms with Crippen molar-refractivity contribution in [3.63, 3.8) is 0 Å². The summed E-state index contributed by atoms with van der Waals surface area (Å²) in [6.45, 7) is 4.79. The number of nitrogens with zero attached hydrogens (tertiary/aromatic N) is 3. The number of methoxy groups -OCH3 is 1. The second-order valence-corrected chi connectivity index (χ2v) is 7.54. The lowest BCUT2D eigenvalue weighted by Crippen LogP contribution is -2.37. The minimum Gasteiger partial charge on any atom is -0.493 e. The second-order valence-electron chi connectivity index (χ2n) is 7.54. The highest BCUT2D eigenvalue weighted by molar-refractivity contribution is 14.0. The molecule has 0 aliphatic rings. The molecule has 2 N–H and O–H groups in total. The first kappa shape index (κ1) is 26.7. The Labute approximate surface area is 213 Å². The molecule has 0 amide bonds. The van der Waals surface area contributed by atoms with Gasteiger partial charge >= 0.3 is 0 Å². The van der Waals surface area contributed by atoms with Crippen LogP contribution in [-0.4, -0.2) is 49.7 Å². The number of nitrogens with one attached hydrogen (secondary N) is 2. The summed E-state index contributed by atoms with van der Waals surface area (Å²) in [4.78, 5) is 4.34. The van der Waals surface area contributed by atoms with Crippen LogP contribution in [0.4, 0.5) is 0 Å². The van der Waals surface area contributed by atoms with Crippen molar-refractivity contribution >= 4 is 29.9 Å². The van der Waals surface area contributed by atoms with Gasteiger partial charge in [-0.2, -0.15) is 5.10 Å². The normalized spacial score (nSPS) is 11.1. The predicted octanol–water partition coefficient (Wildman–Crippen LogP) is 4.12. The first-order valence-corrected chi connectivity index (χ1v) is 10.9. The maximum absolute atomic E-state index is 5.97. The number of rotatable bonds is 11. The van der Waals surface area contributed by atoms with Crippen molar-refractivity contribution in [1.29, 1.82) is 0 Å². The molecule has 1 heterocycles. The Hall–Kier alpha value is -2.59. The Morgan fingerprint density at radius 1 is 1.09 bits per heavy atom. The maximum atomic E-state index is 5.97. The standard InChI is InChI=1S/C25H33N5O2.HI/c1-20-10-11-22(24(16-20)32-15-7-14-31-3)18-28-25(26-2)27-13-12-21-17-29-30(19-21)23-8-5-4-6-9-23;/h4-6,8-11,16-17,19H,7,12-15,18H2,1-3H3,(H2,26,27,28);1H. The summed E-state index contributed by atoms with van der Waals surface area (Å²) in [5.74, 6) is 1.66. The molecular formula is C25H34IN5O2. The lowest BCUT2D eigenvalue weighted by molar-refractivity contribution is 0.172. The van der Waals surface area contributed by atoms with E-state index in [1.165, 1.54) is 11.1 Å². The molecule has 0 saturated carbocycles. The van der Waals surface area contributed by atoms with Crippen molar-refractivity contribution in [3.05, 3.63) is 77.6 Å². The summed E-state index contributed by atoms with van der Waals surface area (Å²) in [5.41, 5.74) is 4.50. The van der Waals surface area contributed by atoms with Gasteiger partial charge in [0.1, 0.15) is 5.75 Å². The van der Waals surface area contributed by atoms with E-state index in [2.05, 4.69) is 52.0 Å². The van der Waals surface area contributed by atoms with Gasteiger partial charge in [-0.1, -0.05) is 30.3 Å². The largest absolute Gasteiger partial charge is 0.493 e. The number of hydrogen-bond acceptors (Lipinski definition) is 4. The molecule has 8 heteroatoms. The smallest absolute Gasteiger partial charge is 0.191 e. The summed E-state index contributed by atoms with van der Waals surface area (Å²) in [5, 5.41) is 11.2. The van der Waals surface area contributed by atoms with Crippen LogP contribution in [0.3, 0.4) is 0 Å². The molecule has 2 aromatic carbocycles. The monoisotopic (exact) mass is 563 g/mol. The van der Waals surface area contributed by atoms with Crippen molar-refractivity contribution in [1.82, 2.24) is 20.4 Å². The van der Waals surface area contributed by atoms with Gasteiger partial charge in [0.25, 0.3) is 0 Å². The van der Waals surface area contributed by atoms with Crippen LogP contribution < -0.4 is 15.4 Å². The molecule has 0 saturated heterocycles. The fourth-order valence-corrected chi connectivity index (χ4v) is 3.26. The van der Waals surface area contributed by atoms with E-state index in [0.29, 0.717) is 19.8 Å². The molecule has 178 valence electrons. The number of ether oxygens (including phenoxy) is 2. The van der Waals surface area contributed by atoms with Crippen LogP contribution >= 0.6 is 24.0 Å². The molecule has 0 unspecified atom stereocenters. The molecule has 0 fully saturated rings. The van der Waals surface area contributed by atoms with Gasteiger partial charge in [-0.3, -0.25) is 4.99 Å². The number of benzene rings is 2. The minimum atomic E-state index is 0. The molecule has 0 radical (unpaired) electrons. The third kappa shape index (κ3) is 8.70. The van der Waals surface area contributed by atoms with Gasteiger partial charge < -0.3 is 20.1 Å². The van der Waals surface area contributed by atoms with Crippen molar-refractivity contribution < 1.29 is 9.47 Å². The van der Waals surface area contributed by atoms with Crippen LogP contribution in [0, 0.1) is 6.92 Å².